The van der Waals surface area contributed by atoms with Crippen molar-refractivity contribution in [1.82, 2.24) is 0 Å². The van der Waals surface area contributed by atoms with Crippen molar-refractivity contribution in [1.29, 1.82) is 0 Å². The molecule has 5 N–H and O–H groups in total. The van der Waals surface area contributed by atoms with Gasteiger partial charge in [-0.15, -0.1) is 0 Å². The number of nitrogens with two attached hydrogens (primary N) is 2. The number of aryl methyl sites for hydroxylation is 1. The van der Waals surface area contributed by atoms with Gasteiger partial charge in [0.05, 0.1) is 6.10 Å². The van der Waals surface area contributed by atoms with E-state index in [1.165, 1.54) is 5.56 Å². The standard InChI is InChI=1S/C18H24N2O/c1-13-7-9-15(10-8-13)12-17(20)18(21)16(19)11-14-5-3-2-4-6-14/h2-10,16-18,21H,11-12,19-20H2,1H3. The zero-order valence-corrected chi connectivity index (χ0v) is 12.4. The van der Waals surface area contributed by atoms with Crippen LogP contribution >= 0.6 is 0 Å². The molecule has 0 saturated carbocycles. The summed E-state index contributed by atoms with van der Waals surface area (Å²) in [5.41, 5.74) is 15.7. The molecule has 3 nitrogen and oxygen atoms in total. The molecule has 21 heavy (non-hydrogen) atoms. The highest BCUT2D eigenvalue weighted by Gasteiger charge is 2.22. The zero-order valence-electron chi connectivity index (χ0n) is 12.4. The van der Waals surface area contributed by atoms with Crippen molar-refractivity contribution in [2.24, 2.45) is 11.5 Å². The maximum Gasteiger partial charge on any atom is 0.0848 e. The Hall–Kier alpha value is -1.68. The largest absolute Gasteiger partial charge is 0.390 e. The third-order valence-corrected chi connectivity index (χ3v) is 3.78. The van der Waals surface area contributed by atoms with Crippen LogP contribution in [0.5, 0.6) is 0 Å². The van der Waals surface area contributed by atoms with E-state index in [2.05, 4.69) is 12.1 Å². The number of hydrogen-bond acceptors (Lipinski definition) is 3. The fourth-order valence-corrected chi connectivity index (χ4v) is 2.44. The first-order valence-corrected chi connectivity index (χ1v) is 7.35. The van der Waals surface area contributed by atoms with Crippen molar-refractivity contribution in [3.63, 3.8) is 0 Å². The summed E-state index contributed by atoms with van der Waals surface area (Å²) in [5, 5.41) is 10.3. The minimum absolute atomic E-state index is 0.354. The van der Waals surface area contributed by atoms with Crippen LogP contribution < -0.4 is 11.5 Å². The molecule has 0 aliphatic carbocycles. The van der Waals surface area contributed by atoms with Gasteiger partial charge in [-0.3, -0.25) is 0 Å². The first-order valence-electron chi connectivity index (χ1n) is 7.35. The minimum Gasteiger partial charge on any atom is -0.390 e. The molecule has 112 valence electrons. The van der Waals surface area contributed by atoms with Gasteiger partial charge in [-0.2, -0.15) is 0 Å². The summed E-state index contributed by atoms with van der Waals surface area (Å²) in [6.07, 6.45) is 0.541. The lowest BCUT2D eigenvalue weighted by atomic mass is 9.93. The summed E-state index contributed by atoms with van der Waals surface area (Å²) >= 11 is 0. The van der Waals surface area contributed by atoms with Crippen LogP contribution in [0.3, 0.4) is 0 Å². The Morgan fingerprint density at radius 2 is 1.29 bits per heavy atom. The topological polar surface area (TPSA) is 72.3 Å². The highest BCUT2D eigenvalue weighted by Crippen LogP contribution is 2.11. The van der Waals surface area contributed by atoms with E-state index in [1.54, 1.807) is 0 Å². The third kappa shape index (κ3) is 4.67. The number of aliphatic hydroxyl groups excluding tert-OH is 1. The van der Waals surface area contributed by atoms with Crippen molar-refractivity contribution < 1.29 is 5.11 Å². The molecule has 2 aromatic carbocycles. The van der Waals surface area contributed by atoms with Crippen LogP contribution in [0, 0.1) is 6.92 Å². The van der Waals surface area contributed by atoms with Gasteiger partial charge in [-0.25, -0.2) is 0 Å². The predicted molar refractivity (Wildman–Crippen MR) is 87.0 cm³/mol. The fourth-order valence-electron chi connectivity index (χ4n) is 2.44. The molecule has 0 aromatic heterocycles. The molecule has 3 atom stereocenters. The first-order chi connectivity index (χ1) is 10.1. The Labute approximate surface area is 126 Å². The van der Waals surface area contributed by atoms with Crippen molar-refractivity contribution >= 4 is 0 Å². The summed E-state index contributed by atoms with van der Waals surface area (Å²) < 4.78 is 0. The second-order valence-corrected chi connectivity index (χ2v) is 5.70. The second-order valence-electron chi connectivity index (χ2n) is 5.70. The molecule has 0 aliphatic rings. The van der Waals surface area contributed by atoms with Crippen molar-refractivity contribution in [2.75, 3.05) is 0 Å². The molecule has 2 rings (SSSR count). The highest BCUT2D eigenvalue weighted by molar-refractivity contribution is 5.22. The van der Waals surface area contributed by atoms with E-state index < -0.39 is 6.10 Å². The van der Waals surface area contributed by atoms with Crippen LogP contribution in [-0.2, 0) is 12.8 Å². The zero-order chi connectivity index (χ0) is 15.2. The van der Waals surface area contributed by atoms with Gasteiger partial charge in [0.25, 0.3) is 0 Å². The first kappa shape index (κ1) is 15.7. The fraction of sp³-hybridized carbons (Fsp3) is 0.333. The Morgan fingerprint density at radius 3 is 1.81 bits per heavy atom. The molecule has 0 bridgehead atoms. The third-order valence-electron chi connectivity index (χ3n) is 3.78. The van der Waals surface area contributed by atoms with E-state index in [1.807, 2.05) is 49.4 Å². The molecule has 0 amide bonds. The summed E-state index contributed by atoms with van der Waals surface area (Å²) in [4.78, 5) is 0. The Bertz CT molecular complexity index is 539. The van der Waals surface area contributed by atoms with Crippen LogP contribution in [0.4, 0.5) is 0 Å². The summed E-state index contributed by atoms with van der Waals surface area (Å²) in [6, 6.07) is 17.4. The van der Waals surface area contributed by atoms with Gasteiger partial charge < -0.3 is 16.6 Å². The molecule has 0 spiro atoms. The van der Waals surface area contributed by atoms with Gasteiger partial charge in [-0.1, -0.05) is 60.2 Å². The van der Waals surface area contributed by atoms with Crippen molar-refractivity contribution in [3.05, 3.63) is 71.3 Å². The van der Waals surface area contributed by atoms with Gasteiger partial charge in [-0.05, 0) is 30.9 Å². The molecular formula is C18H24N2O. The second kappa shape index (κ2) is 7.36. The minimum atomic E-state index is -0.716. The normalized spacial score (nSPS) is 15.4. The summed E-state index contributed by atoms with van der Waals surface area (Å²) in [7, 11) is 0. The van der Waals surface area contributed by atoms with Gasteiger partial charge in [0, 0.05) is 12.1 Å². The molecule has 3 heteroatoms. The Morgan fingerprint density at radius 1 is 0.810 bits per heavy atom. The SMILES string of the molecule is Cc1ccc(CC(N)C(O)C(N)Cc2ccccc2)cc1. The smallest absolute Gasteiger partial charge is 0.0848 e. The molecule has 2 aromatic rings. The number of benzene rings is 2. The van der Waals surface area contributed by atoms with Crippen LogP contribution in [0.15, 0.2) is 54.6 Å². The number of hydrogen-bond donors (Lipinski definition) is 3. The van der Waals surface area contributed by atoms with E-state index >= 15 is 0 Å². The van der Waals surface area contributed by atoms with E-state index in [4.69, 9.17) is 11.5 Å². The lowest BCUT2D eigenvalue weighted by Crippen LogP contribution is -2.49. The molecule has 0 heterocycles. The van der Waals surface area contributed by atoms with Crippen molar-refractivity contribution in [2.45, 2.75) is 38.0 Å². The van der Waals surface area contributed by atoms with E-state index in [0.717, 1.165) is 11.1 Å². The lowest BCUT2D eigenvalue weighted by Gasteiger charge is -2.25. The van der Waals surface area contributed by atoms with Crippen LogP contribution in [0.2, 0.25) is 0 Å². The maximum absolute atomic E-state index is 10.3. The molecule has 0 saturated heterocycles. The maximum atomic E-state index is 10.3. The van der Waals surface area contributed by atoms with Crippen LogP contribution in [0.25, 0.3) is 0 Å². The number of aliphatic hydroxyl groups is 1. The van der Waals surface area contributed by atoms with Crippen molar-refractivity contribution in [3.8, 4) is 0 Å². The Balaban J connectivity index is 1.92. The quantitative estimate of drug-likeness (QED) is 0.757. The molecular weight excluding hydrogens is 260 g/mol. The van der Waals surface area contributed by atoms with Gasteiger partial charge in [0.2, 0.25) is 0 Å². The monoisotopic (exact) mass is 284 g/mol. The van der Waals surface area contributed by atoms with E-state index in [9.17, 15) is 5.11 Å². The van der Waals surface area contributed by atoms with E-state index in [-0.39, 0.29) is 12.1 Å². The van der Waals surface area contributed by atoms with E-state index in [0.29, 0.717) is 12.8 Å². The lowest BCUT2D eigenvalue weighted by molar-refractivity contribution is 0.116. The van der Waals surface area contributed by atoms with Gasteiger partial charge >= 0.3 is 0 Å². The highest BCUT2D eigenvalue weighted by atomic mass is 16.3. The van der Waals surface area contributed by atoms with Crippen LogP contribution in [-0.4, -0.2) is 23.3 Å². The molecule has 3 unspecified atom stereocenters. The van der Waals surface area contributed by atoms with Crippen LogP contribution in [0.1, 0.15) is 16.7 Å². The molecule has 0 aliphatic heterocycles. The van der Waals surface area contributed by atoms with Gasteiger partial charge in [0.1, 0.15) is 0 Å². The predicted octanol–water partition coefficient (Wildman–Crippen LogP) is 1.80. The molecule has 0 fully saturated rings. The average molecular weight is 284 g/mol. The summed E-state index contributed by atoms with van der Waals surface area (Å²) in [6.45, 7) is 2.05. The Kier molecular flexibility index (Phi) is 5.51. The van der Waals surface area contributed by atoms with Gasteiger partial charge in [0.15, 0.2) is 0 Å². The molecule has 0 radical (unpaired) electrons. The number of rotatable bonds is 6. The average Bonchev–Trinajstić information content (AvgIpc) is 2.49. The summed E-state index contributed by atoms with van der Waals surface area (Å²) in [5.74, 6) is 0.